The van der Waals surface area contributed by atoms with E-state index in [9.17, 15) is 19.6 Å². The summed E-state index contributed by atoms with van der Waals surface area (Å²) in [5.74, 6) is 1.26. The van der Waals surface area contributed by atoms with Crippen LogP contribution in [0.5, 0.6) is 11.5 Å². The molecule has 10 heteroatoms. The van der Waals surface area contributed by atoms with Gasteiger partial charge in [0.25, 0.3) is 5.69 Å². The Balaban J connectivity index is 1.32. The summed E-state index contributed by atoms with van der Waals surface area (Å²) in [7, 11) is -2.31. The van der Waals surface area contributed by atoms with E-state index in [-0.39, 0.29) is 18.6 Å². The summed E-state index contributed by atoms with van der Waals surface area (Å²) in [6.07, 6.45) is 0.610. The Hall–Kier alpha value is -4.79. The Morgan fingerprint density at radius 1 is 0.787 bits per heavy atom. The van der Waals surface area contributed by atoms with E-state index in [1.807, 2.05) is 72.8 Å². The second-order valence-electron chi connectivity index (χ2n) is 10.9. The van der Waals surface area contributed by atoms with E-state index in [1.165, 1.54) is 12.1 Å². The lowest BCUT2D eigenvalue weighted by Gasteiger charge is -2.37. The molecule has 0 aliphatic carbocycles. The molecule has 0 heterocycles. The van der Waals surface area contributed by atoms with Crippen molar-refractivity contribution in [2.45, 2.75) is 18.4 Å². The highest BCUT2D eigenvalue weighted by Gasteiger charge is 2.39. The van der Waals surface area contributed by atoms with Gasteiger partial charge in [0.15, 0.2) is 5.60 Å². The molecule has 5 aromatic carbocycles. The zero-order valence-corrected chi connectivity index (χ0v) is 26.9. The molecule has 5 aromatic rings. The van der Waals surface area contributed by atoms with Crippen LogP contribution < -0.4 is 14.8 Å². The Morgan fingerprint density at radius 3 is 1.85 bits per heavy atom. The molecule has 1 unspecified atom stereocenters. The van der Waals surface area contributed by atoms with Gasteiger partial charge in [-0.05, 0) is 36.6 Å². The van der Waals surface area contributed by atoms with E-state index in [1.54, 1.807) is 19.2 Å². The number of benzene rings is 5. The van der Waals surface area contributed by atoms with E-state index >= 15 is 0 Å². The third-order valence-corrected chi connectivity index (χ3v) is 9.00. The maximum absolute atomic E-state index is 12.7. The highest BCUT2D eigenvalue weighted by Crippen LogP contribution is 2.43. The van der Waals surface area contributed by atoms with Crippen LogP contribution in [0.4, 0.5) is 5.69 Å². The van der Waals surface area contributed by atoms with Gasteiger partial charge < -0.3 is 24.2 Å². The minimum atomic E-state index is -3.92. The Morgan fingerprint density at radius 2 is 1.34 bits per heavy atom. The summed E-state index contributed by atoms with van der Waals surface area (Å²) in [5.41, 5.74) is 3.52. The fourth-order valence-corrected chi connectivity index (χ4v) is 6.31. The second kappa shape index (κ2) is 15.7. The summed E-state index contributed by atoms with van der Waals surface area (Å²) in [5, 5.41) is 13.9. The first-order valence-electron chi connectivity index (χ1n) is 15.2. The number of nitro benzene ring substituents is 1. The van der Waals surface area contributed by atoms with Gasteiger partial charge in [-0.25, -0.2) is 0 Å². The summed E-state index contributed by atoms with van der Waals surface area (Å²) < 4.78 is 30.8. The number of hydrogen-bond donors (Lipinski definition) is 2. The first kappa shape index (κ1) is 33.6. The third kappa shape index (κ3) is 8.52. The van der Waals surface area contributed by atoms with Gasteiger partial charge in [0, 0.05) is 34.9 Å². The fraction of sp³-hybridized carbons (Fsp3) is 0.189. The maximum atomic E-state index is 12.7. The van der Waals surface area contributed by atoms with Crippen molar-refractivity contribution in [2.75, 3.05) is 26.5 Å². The molecular formula is C37H37N2O7P. The highest BCUT2D eigenvalue weighted by molar-refractivity contribution is 7.52. The smallest absolute Gasteiger partial charge is 0.341 e. The molecule has 0 aliphatic rings. The van der Waals surface area contributed by atoms with Crippen molar-refractivity contribution in [3.63, 3.8) is 0 Å². The number of nitrogens with one attached hydrogen (secondary N) is 1. The van der Waals surface area contributed by atoms with Crippen LogP contribution in [0.3, 0.4) is 0 Å². The van der Waals surface area contributed by atoms with Crippen molar-refractivity contribution in [3.05, 3.63) is 171 Å². The Bertz CT molecular complexity index is 1690. The largest absolute Gasteiger partial charge is 0.497 e. The predicted octanol–water partition coefficient (Wildman–Crippen LogP) is 7.51. The van der Waals surface area contributed by atoms with E-state index in [0.29, 0.717) is 30.9 Å². The summed E-state index contributed by atoms with van der Waals surface area (Å²) in [6.45, 7) is 0.387. The second-order valence-corrected chi connectivity index (χ2v) is 12.8. The van der Waals surface area contributed by atoms with E-state index in [2.05, 4.69) is 41.7 Å². The van der Waals surface area contributed by atoms with Crippen LogP contribution in [0.25, 0.3) is 0 Å². The van der Waals surface area contributed by atoms with Crippen molar-refractivity contribution in [3.8, 4) is 11.5 Å². The molecule has 0 radical (unpaired) electrons. The van der Waals surface area contributed by atoms with Crippen molar-refractivity contribution < 1.29 is 28.4 Å². The summed E-state index contributed by atoms with van der Waals surface area (Å²) >= 11 is 0. The van der Waals surface area contributed by atoms with Crippen LogP contribution >= 0.6 is 7.60 Å². The van der Waals surface area contributed by atoms with Gasteiger partial charge in [-0.15, -0.1) is 0 Å². The van der Waals surface area contributed by atoms with Crippen molar-refractivity contribution in [2.24, 2.45) is 0 Å². The molecule has 9 nitrogen and oxygen atoms in total. The van der Waals surface area contributed by atoms with Gasteiger partial charge in [0.1, 0.15) is 11.5 Å². The topological polar surface area (TPSA) is 120 Å². The SMILES string of the molecule is COc1ccc(CCNCP(=O)(O)OCCc2ccc([N+](=O)[O-])cc2)c(OC(c2ccccc2)(c2ccccc2)c2ccccc2)c1. The van der Waals surface area contributed by atoms with Crippen LogP contribution in [-0.4, -0.2) is 36.4 Å². The van der Waals surface area contributed by atoms with Gasteiger partial charge in [0.2, 0.25) is 0 Å². The number of non-ortho nitro benzene ring substituents is 1. The molecule has 0 bridgehead atoms. The first-order valence-corrected chi connectivity index (χ1v) is 17.0. The minimum Gasteiger partial charge on any atom is -0.497 e. The normalized spacial score (nSPS) is 12.6. The molecule has 0 fully saturated rings. The predicted molar refractivity (Wildman–Crippen MR) is 182 cm³/mol. The zero-order chi connectivity index (χ0) is 33.1. The summed E-state index contributed by atoms with van der Waals surface area (Å²) in [6, 6.07) is 42.0. The average Bonchev–Trinajstić information content (AvgIpc) is 3.10. The quantitative estimate of drug-likeness (QED) is 0.0370. The lowest BCUT2D eigenvalue weighted by molar-refractivity contribution is -0.384. The van der Waals surface area contributed by atoms with E-state index in [4.69, 9.17) is 14.0 Å². The standard InChI is InChI=1S/C37H37N2O7P/c1-44-35-22-19-30(23-25-38-28-47(42,43)45-26-24-29-17-20-34(21-18-29)39(40)41)36(27-35)46-37(31-11-5-2-6-12-31,32-13-7-3-8-14-32)33-15-9-4-10-16-33/h2-22,27,38H,23-26,28H2,1H3,(H,42,43). The first-order chi connectivity index (χ1) is 22.8. The molecule has 1 atom stereocenters. The Kier molecular flexibility index (Phi) is 11.2. The molecule has 242 valence electrons. The van der Waals surface area contributed by atoms with E-state index < -0.39 is 18.1 Å². The van der Waals surface area contributed by atoms with Gasteiger partial charge in [0.05, 0.1) is 24.9 Å². The molecule has 0 aromatic heterocycles. The number of methoxy groups -OCH3 is 1. The minimum absolute atomic E-state index is 0.00424. The lowest BCUT2D eigenvalue weighted by atomic mass is 9.80. The zero-order valence-electron chi connectivity index (χ0n) is 26.0. The number of nitrogens with zero attached hydrogens (tertiary/aromatic N) is 1. The molecular weight excluding hydrogens is 615 g/mol. The maximum Gasteiger partial charge on any atom is 0.341 e. The van der Waals surface area contributed by atoms with Gasteiger partial charge >= 0.3 is 7.60 Å². The van der Waals surface area contributed by atoms with Crippen molar-refractivity contribution >= 4 is 13.3 Å². The van der Waals surface area contributed by atoms with Crippen LogP contribution in [-0.2, 0) is 27.5 Å². The molecule has 0 spiro atoms. The molecule has 2 N–H and O–H groups in total. The van der Waals surface area contributed by atoms with Crippen LogP contribution in [0, 0.1) is 10.1 Å². The molecule has 0 aliphatic heterocycles. The summed E-state index contributed by atoms with van der Waals surface area (Å²) in [4.78, 5) is 20.8. The average molecular weight is 653 g/mol. The van der Waals surface area contributed by atoms with Crippen LogP contribution in [0.2, 0.25) is 0 Å². The van der Waals surface area contributed by atoms with Gasteiger partial charge in [-0.1, -0.05) is 109 Å². The number of nitro groups is 1. The van der Waals surface area contributed by atoms with Gasteiger partial charge in [-0.2, -0.15) is 0 Å². The molecule has 5 rings (SSSR count). The molecule has 0 saturated heterocycles. The van der Waals surface area contributed by atoms with Crippen molar-refractivity contribution in [1.82, 2.24) is 5.32 Å². The fourth-order valence-electron chi connectivity index (χ4n) is 5.40. The third-order valence-electron chi connectivity index (χ3n) is 7.79. The Labute approximate surface area is 274 Å². The molecule has 47 heavy (non-hydrogen) atoms. The molecule has 0 saturated carbocycles. The van der Waals surface area contributed by atoms with Crippen molar-refractivity contribution in [1.29, 1.82) is 0 Å². The lowest BCUT2D eigenvalue weighted by Crippen LogP contribution is -2.36. The van der Waals surface area contributed by atoms with Gasteiger partial charge in [-0.3, -0.25) is 14.7 Å². The monoisotopic (exact) mass is 652 g/mol. The number of rotatable bonds is 16. The van der Waals surface area contributed by atoms with Crippen LogP contribution in [0.1, 0.15) is 27.8 Å². The molecule has 0 amide bonds. The van der Waals surface area contributed by atoms with Crippen LogP contribution in [0.15, 0.2) is 133 Å². The number of hydrogen-bond acceptors (Lipinski definition) is 7. The number of ether oxygens (including phenoxy) is 2. The highest BCUT2D eigenvalue weighted by atomic mass is 31.2. The van der Waals surface area contributed by atoms with E-state index in [0.717, 1.165) is 27.8 Å².